The van der Waals surface area contributed by atoms with Gasteiger partial charge in [0.2, 0.25) is 0 Å². The first kappa shape index (κ1) is 13.3. The van der Waals surface area contributed by atoms with Crippen LogP contribution in [0.25, 0.3) is 0 Å². The van der Waals surface area contributed by atoms with Gasteiger partial charge < -0.3 is 4.74 Å². The highest BCUT2D eigenvalue weighted by Crippen LogP contribution is 2.18. The van der Waals surface area contributed by atoms with Crippen LogP contribution in [0.3, 0.4) is 0 Å². The SMILES string of the molecule is COc1ccc(C(=O)CCc2cccnc2)c(C)c1. The number of ether oxygens (including phenoxy) is 1. The number of nitrogens with zero attached hydrogens (tertiary/aromatic N) is 1. The van der Waals surface area contributed by atoms with E-state index in [0.717, 1.165) is 28.9 Å². The Labute approximate surface area is 113 Å². The van der Waals surface area contributed by atoms with Gasteiger partial charge in [0.25, 0.3) is 0 Å². The molecule has 1 heterocycles. The summed E-state index contributed by atoms with van der Waals surface area (Å²) >= 11 is 0. The monoisotopic (exact) mass is 255 g/mol. The topological polar surface area (TPSA) is 39.2 Å². The third-order valence-electron chi connectivity index (χ3n) is 3.10. The summed E-state index contributed by atoms with van der Waals surface area (Å²) in [4.78, 5) is 16.2. The second kappa shape index (κ2) is 6.14. The van der Waals surface area contributed by atoms with Crippen molar-refractivity contribution in [1.29, 1.82) is 0 Å². The lowest BCUT2D eigenvalue weighted by atomic mass is 9.99. The quantitative estimate of drug-likeness (QED) is 0.770. The van der Waals surface area contributed by atoms with E-state index in [0.29, 0.717) is 6.42 Å². The molecule has 1 aromatic carbocycles. The molecular formula is C16H17NO2. The number of hydrogen-bond acceptors (Lipinski definition) is 3. The van der Waals surface area contributed by atoms with Crippen LogP contribution in [0.1, 0.15) is 27.9 Å². The van der Waals surface area contributed by atoms with Gasteiger partial charge in [0.05, 0.1) is 7.11 Å². The van der Waals surface area contributed by atoms with Crippen molar-refractivity contribution in [2.75, 3.05) is 7.11 Å². The zero-order valence-electron chi connectivity index (χ0n) is 11.2. The van der Waals surface area contributed by atoms with Crippen LogP contribution >= 0.6 is 0 Å². The van der Waals surface area contributed by atoms with Gasteiger partial charge in [-0.2, -0.15) is 0 Å². The third kappa shape index (κ3) is 3.41. The molecule has 0 amide bonds. The fourth-order valence-electron chi connectivity index (χ4n) is 2.01. The van der Waals surface area contributed by atoms with Crippen molar-refractivity contribution in [3.63, 3.8) is 0 Å². The van der Waals surface area contributed by atoms with Gasteiger partial charge in [-0.15, -0.1) is 0 Å². The molecule has 0 atom stereocenters. The molecular weight excluding hydrogens is 238 g/mol. The molecule has 0 saturated heterocycles. The van der Waals surface area contributed by atoms with Gasteiger partial charge in [0, 0.05) is 24.4 Å². The van der Waals surface area contributed by atoms with E-state index in [-0.39, 0.29) is 5.78 Å². The molecule has 3 heteroatoms. The summed E-state index contributed by atoms with van der Waals surface area (Å²) in [5.41, 5.74) is 2.81. The van der Waals surface area contributed by atoms with E-state index in [4.69, 9.17) is 4.74 Å². The van der Waals surface area contributed by atoms with Crippen LogP contribution in [-0.4, -0.2) is 17.9 Å². The number of carbonyl (C=O) groups excluding carboxylic acids is 1. The average Bonchev–Trinajstić information content (AvgIpc) is 2.45. The van der Waals surface area contributed by atoms with Gasteiger partial charge in [-0.05, 0) is 48.7 Å². The predicted octanol–water partition coefficient (Wildman–Crippen LogP) is 3.21. The zero-order valence-corrected chi connectivity index (χ0v) is 11.2. The lowest BCUT2D eigenvalue weighted by Gasteiger charge is -2.07. The Morgan fingerprint density at radius 2 is 2.16 bits per heavy atom. The Hall–Kier alpha value is -2.16. The van der Waals surface area contributed by atoms with Gasteiger partial charge in [-0.25, -0.2) is 0 Å². The average molecular weight is 255 g/mol. The zero-order chi connectivity index (χ0) is 13.7. The molecule has 1 aromatic heterocycles. The molecule has 0 saturated carbocycles. The highest BCUT2D eigenvalue weighted by Gasteiger charge is 2.10. The maximum absolute atomic E-state index is 12.2. The minimum Gasteiger partial charge on any atom is -0.497 e. The number of pyridine rings is 1. The van der Waals surface area contributed by atoms with Gasteiger partial charge in [-0.3, -0.25) is 9.78 Å². The van der Waals surface area contributed by atoms with Crippen LogP contribution in [0.15, 0.2) is 42.7 Å². The second-order valence-corrected chi connectivity index (χ2v) is 4.47. The first-order chi connectivity index (χ1) is 9.20. The molecule has 0 aliphatic heterocycles. The summed E-state index contributed by atoms with van der Waals surface area (Å²) in [7, 11) is 1.62. The molecule has 0 fully saturated rings. The molecule has 2 aromatic rings. The Morgan fingerprint density at radius 1 is 1.32 bits per heavy atom. The maximum atomic E-state index is 12.2. The van der Waals surface area contributed by atoms with Crippen molar-refractivity contribution in [3.8, 4) is 5.75 Å². The number of ketones is 1. The van der Waals surface area contributed by atoms with Crippen LogP contribution in [0, 0.1) is 6.92 Å². The number of hydrogen-bond donors (Lipinski definition) is 0. The fraction of sp³-hybridized carbons (Fsp3) is 0.250. The third-order valence-corrected chi connectivity index (χ3v) is 3.10. The second-order valence-electron chi connectivity index (χ2n) is 4.47. The Kier molecular flexibility index (Phi) is 4.29. The molecule has 98 valence electrons. The summed E-state index contributed by atoms with van der Waals surface area (Å²) in [6.45, 7) is 1.93. The first-order valence-corrected chi connectivity index (χ1v) is 6.27. The van der Waals surface area contributed by atoms with E-state index in [2.05, 4.69) is 4.98 Å². The number of rotatable bonds is 5. The van der Waals surface area contributed by atoms with Gasteiger partial charge in [-0.1, -0.05) is 6.07 Å². The van der Waals surface area contributed by atoms with Gasteiger partial charge in [0.15, 0.2) is 5.78 Å². The number of methoxy groups -OCH3 is 1. The highest BCUT2D eigenvalue weighted by molar-refractivity contribution is 5.97. The standard InChI is InChI=1S/C16H17NO2/c1-12-10-14(19-2)6-7-15(12)16(18)8-5-13-4-3-9-17-11-13/h3-4,6-7,9-11H,5,8H2,1-2H3. The molecule has 0 unspecified atom stereocenters. The Balaban J connectivity index is 2.04. The van der Waals surface area contributed by atoms with E-state index in [1.54, 1.807) is 19.5 Å². The molecule has 2 rings (SSSR count). The summed E-state index contributed by atoms with van der Waals surface area (Å²) < 4.78 is 5.14. The van der Waals surface area contributed by atoms with Crippen LogP contribution in [0.4, 0.5) is 0 Å². The Bertz CT molecular complexity index is 564. The van der Waals surface area contributed by atoms with Crippen molar-refractivity contribution < 1.29 is 9.53 Å². The van der Waals surface area contributed by atoms with Crippen LogP contribution < -0.4 is 4.74 Å². The highest BCUT2D eigenvalue weighted by atomic mass is 16.5. The van der Waals surface area contributed by atoms with Crippen molar-refractivity contribution >= 4 is 5.78 Å². The summed E-state index contributed by atoms with van der Waals surface area (Å²) in [6, 6.07) is 9.42. The number of carbonyl (C=O) groups is 1. The van der Waals surface area contributed by atoms with Gasteiger partial charge in [0.1, 0.15) is 5.75 Å². The number of Topliss-reactive ketones (excluding diaryl/α,β-unsaturated/α-hetero) is 1. The molecule has 0 radical (unpaired) electrons. The first-order valence-electron chi connectivity index (χ1n) is 6.27. The normalized spacial score (nSPS) is 10.2. The summed E-state index contributed by atoms with van der Waals surface area (Å²) in [5, 5.41) is 0. The number of aromatic nitrogens is 1. The van der Waals surface area contributed by atoms with Gasteiger partial charge >= 0.3 is 0 Å². The molecule has 0 N–H and O–H groups in total. The lowest BCUT2D eigenvalue weighted by Crippen LogP contribution is -2.04. The van der Waals surface area contributed by atoms with Crippen LogP contribution in [0.5, 0.6) is 5.75 Å². The van der Waals surface area contributed by atoms with E-state index < -0.39 is 0 Å². The summed E-state index contributed by atoms with van der Waals surface area (Å²) in [5.74, 6) is 0.935. The molecule has 0 bridgehead atoms. The van der Waals surface area contributed by atoms with Crippen molar-refractivity contribution in [2.24, 2.45) is 0 Å². The summed E-state index contributed by atoms with van der Waals surface area (Å²) in [6.07, 6.45) is 4.75. The Morgan fingerprint density at radius 3 is 2.79 bits per heavy atom. The molecule has 0 spiro atoms. The van der Waals surface area contributed by atoms with Crippen molar-refractivity contribution in [2.45, 2.75) is 19.8 Å². The fourth-order valence-corrected chi connectivity index (χ4v) is 2.01. The van der Waals surface area contributed by atoms with E-state index in [1.165, 1.54) is 0 Å². The van der Waals surface area contributed by atoms with E-state index in [9.17, 15) is 4.79 Å². The minimum absolute atomic E-state index is 0.156. The number of benzene rings is 1. The predicted molar refractivity (Wildman–Crippen MR) is 74.6 cm³/mol. The molecule has 19 heavy (non-hydrogen) atoms. The smallest absolute Gasteiger partial charge is 0.163 e. The van der Waals surface area contributed by atoms with E-state index in [1.807, 2.05) is 37.3 Å². The van der Waals surface area contributed by atoms with E-state index >= 15 is 0 Å². The largest absolute Gasteiger partial charge is 0.497 e. The van der Waals surface area contributed by atoms with Crippen molar-refractivity contribution in [1.82, 2.24) is 4.98 Å². The molecule has 0 aliphatic rings. The van der Waals surface area contributed by atoms with Crippen LogP contribution in [-0.2, 0) is 6.42 Å². The lowest BCUT2D eigenvalue weighted by molar-refractivity contribution is 0.0982. The molecule has 0 aliphatic carbocycles. The number of aryl methyl sites for hydroxylation is 2. The van der Waals surface area contributed by atoms with Crippen molar-refractivity contribution in [3.05, 3.63) is 59.4 Å². The maximum Gasteiger partial charge on any atom is 0.163 e. The van der Waals surface area contributed by atoms with Crippen LogP contribution in [0.2, 0.25) is 0 Å². The minimum atomic E-state index is 0.156. The molecule has 3 nitrogen and oxygen atoms in total.